The summed E-state index contributed by atoms with van der Waals surface area (Å²) in [7, 11) is -2.31. The Morgan fingerprint density at radius 2 is 1.74 bits per heavy atom. The van der Waals surface area contributed by atoms with E-state index in [9.17, 15) is 9.59 Å². The predicted octanol–water partition coefficient (Wildman–Crippen LogP) is 10.4. The lowest BCUT2D eigenvalue weighted by molar-refractivity contribution is -0.222. The first-order valence-corrected chi connectivity index (χ1v) is 25.1. The summed E-state index contributed by atoms with van der Waals surface area (Å²) in [5, 5.41) is -0.0690. The molecule has 0 saturated carbocycles. The number of allylic oxidation sites excluding steroid dienone is 3. The molecule has 7 atom stereocenters. The van der Waals surface area contributed by atoms with E-state index < -0.39 is 38.5 Å². The van der Waals surface area contributed by atoms with Crippen molar-refractivity contribution in [2.24, 2.45) is 5.92 Å². The maximum Gasteiger partial charge on any atom is 0.410 e. The molecule has 3 aliphatic rings. The van der Waals surface area contributed by atoms with Gasteiger partial charge < -0.3 is 33.2 Å². The highest BCUT2D eigenvalue weighted by molar-refractivity contribution is 6.74. The molecule has 1 amide bonds. The number of carbonyl (C=O) groups is 2. The monoisotopic (exact) mass is 824 g/mol. The Morgan fingerprint density at radius 1 is 1.05 bits per heavy atom. The van der Waals surface area contributed by atoms with Crippen LogP contribution in [-0.2, 0) is 28.2 Å². The largest absolute Gasteiger partial charge is 0.457 e. The number of aromatic nitrogens is 1. The van der Waals surface area contributed by atoms with E-state index >= 15 is 0 Å². The Labute approximate surface area is 352 Å². The van der Waals surface area contributed by atoms with Crippen LogP contribution in [0.5, 0.6) is 0 Å². The smallest absolute Gasteiger partial charge is 0.410 e. The van der Waals surface area contributed by atoms with Gasteiger partial charge in [0, 0.05) is 49.5 Å². The van der Waals surface area contributed by atoms with Crippen molar-refractivity contribution in [3.63, 3.8) is 0 Å². The average molecular weight is 824 g/mol. The summed E-state index contributed by atoms with van der Waals surface area (Å²) in [6.45, 7) is 27.1. The van der Waals surface area contributed by atoms with Crippen LogP contribution in [0.1, 0.15) is 132 Å². The molecule has 1 aromatic heterocycles. The van der Waals surface area contributed by atoms with Crippen molar-refractivity contribution in [2.75, 3.05) is 32.8 Å². The van der Waals surface area contributed by atoms with Crippen LogP contribution in [0.4, 0.5) is 4.79 Å². The van der Waals surface area contributed by atoms with Crippen LogP contribution < -0.4 is 0 Å². The van der Waals surface area contributed by atoms with Gasteiger partial charge in [-0.15, -0.1) is 0 Å². The Morgan fingerprint density at radius 3 is 2.36 bits per heavy atom. The molecule has 58 heavy (non-hydrogen) atoms. The second-order valence-corrected chi connectivity index (χ2v) is 23.4. The summed E-state index contributed by atoms with van der Waals surface area (Å²) in [5.74, 6) is -0.438. The lowest BCUT2D eigenvalue weighted by atomic mass is 9.88. The van der Waals surface area contributed by atoms with E-state index in [0.29, 0.717) is 38.6 Å². The Balaban J connectivity index is 1.67. The summed E-state index contributed by atoms with van der Waals surface area (Å²) in [6, 6.07) is 6.43. The van der Waals surface area contributed by atoms with Crippen LogP contribution in [0.25, 0.3) is 0 Å². The van der Waals surface area contributed by atoms with Gasteiger partial charge in [0.1, 0.15) is 11.7 Å². The number of piperidine rings is 1. The van der Waals surface area contributed by atoms with E-state index in [-0.39, 0.29) is 35.4 Å². The van der Waals surface area contributed by atoms with Crippen LogP contribution >= 0.6 is 0 Å². The van der Waals surface area contributed by atoms with E-state index in [2.05, 4.69) is 56.7 Å². The topological polar surface area (TPSA) is 99.7 Å². The maximum absolute atomic E-state index is 14.2. The van der Waals surface area contributed by atoms with Crippen molar-refractivity contribution in [3.8, 4) is 0 Å². The Hall–Kier alpha value is -2.83. The maximum atomic E-state index is 14.2. The standard InChI is InChI=1S/C47H77N3O7Si/c1-12-53-38(5)56-47(9)28-25-40(57-58(10,11)46(6,7)8)34-43(51)55-44(36(3)21-19-20-35(2)41-22-15-16-29-48-41)37(4)23-24-42(47)54-45(52)50-32-26-39(27-33-50)49-30-17-13-14-18-31-49/h15-16,19-24,29,35,37-40,42,44H,12-14,17-18,25-28,30-34H2,1-11H3/t35-,37+,38?,40-,42+,44-,47-/m1/s1. The summed E-state index contributed by atoms with van der Waals surface area (Å²) < 4.78 is 32.6. The van der Waals surface area contributed by atoms with Gasteiger partial charge in [-0.3, -0.25) is 9.78 Å². The number of pyridine rings is 1. The lowest BCUT2D eigenvalue weighted by Crippen LogP contribution is -2.51. The molecule has 0 bridgehead atoms. The number of esters is 1. The first-order valence-electron chi connectivity index (χ1n) is 22.2. The van der Waals surface area contributed by atoms with E-state index in [1.807, 2.05) is 82.0 Å². The van der Waals surface area contributed by atoms with E-state index in [1.165, 1.54) is 25.7 Å². The van der Waals surface area contributed by atoms with Crippen molar-refractivity contribution < 1.29 is 33.0 Å². The fourth-order valence-electron chi connectivity index (χ4n) is 8.16. The summed E-state index contributed by atoms with van der Waals surface area (Å²) in [5.41, 5.74) is 0.893. The van der Waals surface area contributed by atoms with Crippen molar-refractivity contribution in [2.45, 2.75) is 180 Å². The molecular weight excluding hydrogens is 747 g/mol. The molecular formula is C47H77N3O7Si. The number of amides is 1. The van der Waals surface area contributed by atoms with Crippen LogP contribution in [0.2, 0.25) is 18.1 Å². The molecule has 1 aromatic rings. The third kappa shape index (κ3) is 14.1. The van der Waals surface area contributed by atoms with Gasteiger partial charge in [0.2, 0.25) is 0 Å². The number of carbonyl (C=O) groups excluding carboxylic acids is 2. The molecule has 10 nitrogen and oxygen atoms in total. The van der Waals surface area contributed by atoms with Crippen molar-refractivity contribution in [1.82, 2.24) is 14.8 Å². The molecule has 0 spiro atoms. The molecule has 4 rings (SSSR count). The number of cyclic esters (lactones) is 1. The zero-order chi connectivity index (χ0) is 42.5. The highest BCUT2D eigenvalue weighted by Gasteiger charge is 2.44. The van der Waals surface area contributed by atoms with E-state index in [1.54, 1.807) is 6.20 Å². The van der Waals surface area contributed by atoms with Gasteiger partial charge in [-0.25, -0.2) is 4.79 Å². The summed E-state index contributed by atoms with van der Waals surface area (Å²) in [4.78, 5) is 37.1. The molecule has 4 heterocycles. The van der Waals surface area contributed by atoms with Crippen molar-refractivity contribution >= 4 is 20.4 Å². The number of nitrogens with zero attached hydrogens (tertiary/aromatic N) is 3. The van der Waals surface area contributed by atoms with Crippen LogP contribution in [0.15, 0.2) is 60.3 Å². The number of hydrogen-bond donors (Lipinski definition) is 0. The molecule has 0 aliphatic carbocycles. The lowest BCUT2D eigenvalue weighted by Gasteiger charge is -2.42. The van der Waals surface area contributed by atoms with Crippen molar-refractivity contribution in [3.05, 3.63) is 66.0 Å². The normalized spacial score (nSPS) is 27.9. The molecule has 3 aliphatic heterocycles. The third-order valence-electron chi connectivity index (χ3n) is 12.9. The summed E-state index contributed by atoms with van der Waals surface area (Å²) in [6.07, 6.45) is 17.4. The van der Waals surface area contributed by atoms with Crippen LogP contribution in [0.3, 0.4) is 0 Å². The number of ether oxygens (including phenoxy) is 4. The van der Waals surface area contributed by atoms with Gasteiger partial charge in [0.05, 0.1) is 12.5 Å². The van der Waals surface area contributed by atoms with Gasteiger partial charge in [-0.2, -0.15) is 0 Å². The SMILES string of the molecule is CCOC(C)O[C@]1(C)CC[C@@H](O[Si](C)(C)C(C)(C)C)CC(=O)O[C@H](C(C)=CC=C[C@@H](C)c2ccccn2)[C@@H](C)C=C[C@@H]1OC(=O)N1CCC(N2CCCCCC2)CC1. The zero-order valence-electron chi connectivity index (χ0n) is 37.8. The minimum absolute atomic E-state index is 0.0690. The molecule has 326 valence electrons. The molecule has 0 N–H and O–H groups in total. The Bertz CT molecular complexity index is 1510. The fraction of sp³-hybridized carbons (Fsp3) is 0.723. The minimum atomic E-state index is -2.31. The van der Waals surface area contributed by atoms with Gasteiger partial charge in [0.15, 0.2) is 20.7 Å². The number of hydrogen-bond acceptors (Lipinski definition) is 9. The van der Waals surface area contributed by atoms with E-state index in [4.69, 9.17) is 23.4 Å². The minimum Gasteiger partial charge on any atom is -0.457 e. The Kier molecular flexibility index (Phi) is 18.3. The summed E-state index contributed by atoms with van der Waals surface area (Å²) >= 11 is 0. The molecule has 11 heteroatoms. The third-order valence-corrected chi connectivity index (χ3v) is 17.4. The molecule has 2 saturated heterocycles. The quantitative estimate of drug-likeness (QED) is 0.0671. The molecule has 0 radical (unpaired) electrons. The zero-order valence-corrected chi connectivity index (χ0v) is 38.8. The van der Waals surface area contributed by atoms with Gasteiger partial charge >= 0.3 is 12.1 Å². The first-order chi connectivity index (χ1) is 27.4. The second kappa shape index (κ2) is 22.1. The van der Waals surface area contributed by atoms with Gasteiger partial charge in [0.25, 0.3) is 0 Å². The van der Waals surface area contributed by atoms with Gasteiger partial charge in [-0.05, 0) is 121 Å². The number of likely N-dealkylation sites (tertiary alicyclic amines) is 2. The van der Waals surface area contributed by atoms with Gasteiger partial charge in [-0.1, -0.05) is 77.8 Å². The average Bonchev–Trinajstić information content (AvgIpc) is 3.47. The van der Waals surface area contributed by atoms with Crippen LogP contribution in [-0.4, -0.2) is 104 Å². The second-order valence-electron chi connectivity index (χ2n) is 18.7. The molecule has 2 fully saturated rings. The van der Waals surface area contributed by atoms with E-state index in [0.717, 1.165) is 37.2 Å². The highest BCUT2D eigenvalue weighted by atomic mass is 28.4. The van der Waals surface area contributed by atoms with Crippen LogP contribution in [0, 0.1) is 5.92 Å². The molecule has 0 aromatic carbocycles. The fourth-order valence-corrected chi connectivity index (χ4v) is 9.55. The van der Waals surface area contributed by atoms with Crippen molar-refractivity contribution in [1.29, 1.82) is 0 Å². The number of rotatable bonds is 12. The predicted molar refractivity (Wildman–Crippen MR) is 235 cm³/mol. The first kappa shape index (κ1) is 47.8. The molecule has 1 unspecified atom stereocenters. The highest BCUT2D eigenvalue weighted by Crippen LogP contribution is 2.40.